The minimum Gasteiger partial charge on any atom is -0.485 e. The zero-order chi connectivity index (χ0) is 23.4. The third kappa shape index (κ3) is 5.38. The van der Waals surface area contributed by atoms with Crippen LogP contribution in [0.1, 0.15) is 30.5 Å². The largest absolute Gasteiger partial charge is 0.485 e. The first-order chi connectivity index (χ1) is 16.0. The molecule has 0 spiro atoms. The van der Waals surface area contributed by atoms with E-state index in [1.807, 2.05) is 36.4 Å². The molecule has 8 heteroatoms. The van der Waals surface area contributed by atoms with Gasteiger partial charge in [0.2, 0.25) is 0 Å². The van der Waals surface area contributed by atoms with Crippen LogP contribution >= 0.6 is 11.6 Å². The van der Waals surface area contributed by atoms with E-state index in [0.29, 0.717) is 23.2 Å². The number of nitrogens with zero attached hydrogens (tertiary/aromatic N) is 2. The topological polar surface area (TPSA) is 97.0 Å². The molecule has 1 saturated heterocycles. The van der Waals surface area contributed by atoms with Gasteiger partial charge < -0.3 is 29.4 Å². The lowest BCUT2D eigenvalue weighted by Gasteiger charge is -2.16. The zero-order valence-electron chi connectivity index (χ0n) is 18.1. The Morgan fingerprint density at radius 3 is 2.67 bits per heavy atom. The highest BCUT2D eigenvalue weighted by atomic mass is 35.5. The average Bonchev–Trinajstić information content (AvgIpc) is 3.45. The predicted molar refractivity (Wildman–Crippen MR) is 124 cm³/mol. The summed E-state index contributed by atoms with van der Waals surface area (Å²) in [6, 6.07) is 12.5. The summed E-state index contributed by atoms with van der Waals surface area (Å²) in [5.74, 6) is 7.14. The molecule has 1 fully saturated rings. The van der Waals surface area contributed by atoms with Gasteiger partial charge in [0.25, 0.3) is 0 Å². The highest BCUT2D eigenvalue weighted by Crippen LogP contribution is 2.32. The van der Waals surface area contributed by atoms with Gasteiger partial charge in [0.15, 0.2) is 0 Å². The van der Waals surface area contributed by atoms with Gasteiger partial charge in [-0.05, 0) is 42.8 Å². The van der Waals surface area contributed by atoms with Gasteiger partial charge in [-0.15, -0.1) is 0 Å². The standard InChI is InChI=1S/C25H25ClN2O5/c1-16(30)25-27-10-11-28(25)19(13-29)7-4-17-2-5-18(6-3-17)21-9-8-20(12-22(21)26)33-24-15-32-14-23(24)31/h2-3,5-6,8-12,16,19,23-24,29-31H,13-15H2,1H3/t16-,19?,23+,24+/m0/s1. The maximum Gasteiger partial charge on any atom is 0.150 e. The molecule has 4 atom stereocenters. The van der Waals surface area contributed by atoms with Gasteiger partial charge in [0.1, 0.15) is 35.9 Å². The number of hydrogen-bond acceptors (Lipinski definition) is 6. The smallest absolute Gasteiger partial charge is 0.150 e. The molecule has 1 aliphatic rings. The normalized spacial score (nSPS) is 19.5. The van der Waals surface area contributed by atoms with E-state index in [9.17, 15) is 15.3 Å². The SMILES string of the molecule is C[C@H](O)c1nccn1C(C#Cc1ccc(-c2ccc(O[C@@H]3COC[C@H]3O)cc2Cl)cc1)CO. The van der Waals surface area contributed by atoms with E-state index >= 15 is 0 Å². The van der Waals surface area contributed by atoms with Crippen molar-refractivity contribution < 1.29 is 24.8 Å². The molecule has 2 heterocycles. The maximum absolute atomic E-state index is 9.84. The van der Waals surface area contributed by atoms with Crippen molar-refractivity contribution in [1.29, 1.82) is 0 Å². The van der Waals surface area contributed by atoms with Gasteiger partial charge in [0, 0.05) is 23.5 Å². The minimum atomic E-state index is -0.756. The Labute approximate surface area is 197 Å². The second kappa shape index (κ2) is 10.4. The van der Waals surface area contributed by atoms with Crippen molar-refractivity contribution in [3.8, 4) is 28.7 Å². The number of ether oxygens (including phenoxy) is 2. The van der Waals surface area contributed by atoms with Crippen molar-refractivity contribution in [2.45, 2.75) is 31.3 Å². The molecule has 0 radical (unpaired) electrons. The van der Waals surface area contributed by atoms with Crippen LogP contribution in [-0.2, 0) is 4.74 Å². The molecule has 1 unspecified atom stereocenters. The number of benzene rings is 2. The summed E-state index contributed by atoms with van der Waals surface area (Å²) in [7, 11) is 0. The van der Waals surface area contributed by atoms with Crippen LogP contribution in [0.15, 0.2) is 54.9 Å². The van der Waals surface area contributed by atoms with Crippen molar-refractivity contribution in [1.82, 2.24) is 9.55 Å². The van der Waals surface area contributed by atoms with Crippen molar-refractivity contribution >= 4 is 11.6 Å². The molecule has 172 valence electrons. The van der Waals surface area contributed by atoms with Crippen LogP contribution in [0.4, 0.5) is 0 Å². The van der Waals surface area contributed by atoms with Crippen LogP contribution in [-0.4, -0.2) is 56.9 Å². The quantitative estimate of drug-likeness (QED) is 0.481. The molecule has 0 aliphatic carbocycles. The number of halogens is 1. The average molecular weight is 469 g/mol. The van der Waals surface area contributed by atoms with Gasteiger partial charge in [0.05, 0.1) is 24.8 Å². The molecular formula is C25H25ClN2O5. The number of aromatic nitrogens is 2. The Balaban J connectivity index is 1.48. The summed E-state index contributed by atoms with van der Waals surface area (Å²) in [4.78, 5) is 4.13. The lowest BCUT2D eigenvalue weighted by atomic mass is 10.0. The summed E-state index contributed by atoms with van der Waals surface area (Å²) in [6.45, 7) is 2.04. The van der Waals surface area contributed by atoms with E-state index in [0.717, 1.165) is 16.7 Å². The van der Waals surface area contributed by atoms with E-state index < -0.39 is 24.4 Å². The van der Waals surface area contributed by atoms with Crippen LogP contribution in [0.25, 0.3) is 11.1 Å². The molecule has 1 aromatic heterocycles. The fourth-order valence-corrected chi connectivity index (χ4v) is 3.91. The molecule has 3 aromatic rings. The van der Waals surface area contributed by atoms with Crippen LogP contribution < -0.4 is 4.74 Å². The van der Waals surface area contributed by atoms with Crippen LogP contribution in [0.3, 0.4) is 0 Å². The van der Waals surface area contributed by atoms with Crippen molar-refractivity contribution in [2.75, 3.05) is 19.8 Å². The third-order valence-electron chi connectivity index (χ3n) is 5.39. The van der Waals surface area contributed by atoms with Gasteiger partial charge in [-0.3, -0.25) is 0 Å². The summed E-state index contributed by atoms with van der Waals surface area (Å²) in [5, 5.41) is 30.0. The van der Waals surface area contributed by atoms with Gasteiger partial charge in [-0.1, -0.05) is 35.6 Å². The second-order valence-corrected chi connectivity index (χ2v) is 8.22. The van der Waals surface area contributed by atoms with E-state index in [2.05, 4.69) is 16.8 Å². The highest BCUT2D eigenvalue weighted by molar-refractivity contribution is 6.33. The minimum absolute atomic E-state index is 0.199. The molecular weight excluding hydrogens is 444 g/mol. The lowest BCUT2D eigenvalue weighted by molar-refractivity contribution is 0.0734. The number of hydrogen-bond donors (Lipinski definition) is 3. The van der Waals surface area contributed by atoms with Crippen molar-refractivity contribution in [3.63, 3.8) is 0 Å². The van der Waals surface area contributed by atoms with Gasteiger partial charge in [-0.25, -0.2) is 4.98 Å². The molecule has 2 aromatic carbocycles. The van der Waals surface area contributed by atoms with Crippen molar-refractivity contribution in [3.05, 3.63) is 71.3 Å². The molecule has 1 aliphatic heterocycles. The van der Waals surface area contributed by atoms with Gasteiger partial charge in [-0.2, -0.15) is 0 Å². The predicted octanol–water partition coefficient (Wildman–Crippen LogP) is 2.98. The van der Waals surface area contributed by atoms with E-state index in [4.69, 9.17) is 21.1 Å². The molecule has 4 rings (SSSR count). The van der Waals surface area contributed by atoms with E-state index in [1.165, 1.54) is 0 Å². The Morgan fingerprint density at radius 1 is 1.24 bits per heavy atom. The first-order valence-corrected chi connectivity index (χ1v) is 11.0. The zero-order valence-corrected chi connectivity index (χ0v) is 18.8. The molecule has 7 nitrogen and oxygen atoms in total. The summed E-state index contributed by atoms with van der Waals surface area (Å²) >= 11 is 6.49. The van der Waals surface area contributed by atoms with Crippen LogP contribution in [0, 0.1) is 11.8 Å². The number of imidazole rings is 1. The first-order valence-electron chi connectivity index (χ1n) is 10.6. The van der Waals surface area contributed by atoms with E-state index in [1.54, 1.807) is 30.0 Å². The van der Waals surface area contributed by atoms with Gasteiger partial charge >= 0.3 is 0 Å². The van der Waals surface area contributed by atoms with Crippen LogP contribution in [0.2, 0.25) is 5.02 Å². The Hall–Kier alpha value is -2.86. The summed E-state index contributed by atoms with van der Waals surface area (Å²) in [6.07, 6.45) is 1.47. The van der Waals surface area contributed by atoms with Crippen LogP contribution in [0.5, 0.6) is 5.75 Å². The van der Waals surface area contributed by atoms with Crippen molar-refractivity contribution in [2.24, 2.45) is 0 Å². The Morgan fingerprint density at radius 2 is 2.03 bits per heavy atom. The molecule has 0 bridgehead atoms. The first kappa shape index (κ1) is 23.3. The fourth-order valence-electron chi connectivity index (χ4n) is 3.63. The second-order valence-electron chi connectivity index (χ2n) is 7.82. The summed E-state index contributed by atoms with van der Waals surface area (Å²) in [5.41, 5.74) is 2.55. The maximum atomic E-state index is 9.84. The molecule has 0 amide bonds. The number of aliphatic hydroxyl groups excluding tert-OH is 3. The Bertz CT molecular complexity index is 1150. The van der Waals surface area contributed by atoms with E-state index in [-0.39, 0.29) is 13.2 Å². The molecule has 0 saturated carbocycles. The fraction of sp³-hybridized carbons (Fsp3) is 0.320. The Kier molecular flexibility index (Phi) is 7.33. The third-order valence-corrected chi connectivity index (χ3v) is 5.70. The molecule has 33 heavy (non-hydrogen) atoms. The number of rotatable bonds is 6. The number of aliphatic hydroxyl groups is 3. The monoisotopic (exact) mass is 468 g/mol. The summed E-state index contributed by atoms with van der Waals surface area (Å²) < 4.78 is 12.7. The molecule has 3 N–H and O–H groups in total. The lowest BCUT2D eigenvalue weighted by Crippen LogP contribution is -2.29. The highest BCUT2D eigenvalue weighted by Gasteiger charge is 2.28.